The maximum Gasteiger partial charge on any atom is 0.338 e. The van der Waals surface area contributed by atoms with Crippen LogP contribution >= 0.6 is 0 Å². The number of hydrogen-bond donors (Lipinski definition) is 1. The summed E-state index contributed by atoms with van der Waals surface area (Å²) in [4.78, 5) is 17.1. The molecule has 0 unspecified atom stereocenters. The van der Waals surface area contributed by atoms with Crippen molar-refractivity contribution in [2.75, 3.05) is 49.1 Å². The molecule has 1 fully saturated rings. The average Bonchev–Trinajstić information content (AvgIpc) is 2.63. The predicted octanol–water partition coefficient (Wildman–Crippen LogP) is 1.90. The maximum absolute atomic E-state index is 12.3. The van der Waals surface area contributed by atoms with Crippen LogP contribution < -0.4 is 20.7 Å². The maximum atomic E-state index is 12.3. The molecule has 5 nitrogen and oxygen atoms in total. The zero-order valence-corrected chi connectivity index (χ0v) is 13.9. The Morgan fingerprint density at radius 2 is 1.75 bits per heavy atom. The summed E-state index contributed by atoms with van der Waals surface area (Å²) in [5.74, 6) is 0. The third-order valence-electron chi connectivity index (χ3n) is 5.66. The van der Waals surface area contributed by atoms with Crippen molar-refractivity contribution in [2.45, 2.75) is 25.7 Å². The molecule has 1 aromatic heterocycles. The van der Waals surface area contributed by atoms with E-state index in [1.54, 1.807) is 6.07 Å². The van der Waals surface area contributed by atoms with Gasteiger partial charge in [-0.05, 0) is 37.3 Å². The molecule has 1 aromatic carbocycles. The lowest BCUT2D eigenvalue weighted by atomic mass is 9.89. The summed E-state index contributed by atoms with van der Waals surface area (Å²) in [5.41, 5.74) is 5.74. The highest BCUT2D eigenvalue weighted by molar-refractivity contribution is 5.96. The predicted molar refractivity (Wildman–Crippen MR) is 96.4 cm³/mol. The Morgan fingerprint density at radius 3 is 2.58 bits per heavy atom. The van der Waals surface area contributed by atoms with E-state index in [9.17, 15) is 4.79 Å². The molecule has 0 aliphatic carbocycles. The van der Waals surface area contributed by atoms with E-state index in [0.717, 1.165) is 75.2 Å². The molecule has 1 saturated heterocycles. The van der Waals surface area contributed by atoms with Gasteiger partial charge in [0.15, 0.2) is 0 Å². The summed E-state index contributed by atoms with van der Waals surface area (Å²) in [6.45, 7) is 6.08. The first-order valence-electron chi connectivity index (χ1n) is 9.14. The van der Waals surface area contributed by atoms with Gasteiger partial charge in [0.1, 0.15) is 5.58 Å². The minimum absolute atomic E-state index is 0.222. The Bertz CT molecular complexity index is 850. The van der Waals surface area contributed by atoms with Crippen LogP contribution in [-0.2, 0) is 12.8 Å². The smallest absolute Gasteiger partial charge is 0.338 e. The standard InChI is InChI=1S/C19H23N3O2/c23-17-12-16(21-9-5-20-6-10-21)15-11-13-3-1-7-22-8-2-4-14(18(13)22)19(15)24-17/h11-12,20H,1-10H2. The Labute approximate surface area is 141 Å². The van der Waals surface area contributed by atoms with Gasteiger partial charge in [0.05, 0.1) is 5.69 Å². The van der Waals surface area contributed by atoms with Crippen molar-refractivity contribution in [3.63, 3.8) is 0 Å². The molecule has 3 aliphatic heterocycles. The van der Waals surface area contributed by atoms with Crippen LogP contribution in [0.1, 0.15) is 24.0 Å². The van der Waals surface area contributed by atoms with Gasteiger partial charge in [0, 0.05) is 62.0 Å². The normalized spacial score (nSPS) is 20.3. The van der Waals surface area contributed by atoms with Crippen LogP contribution in [-0.4, -0.2) is 39.3 Å². The molecule has 0 atom stereocenters. The molecule has 3 aliphatic rings. The minimum atomic E-state index is -0.222. The first-order valence-corrected chi connectivity index (χ1v) is 9.14. The molecule has 0 amide bonds. The van der Waals surface area contributed by atoms with Crippen LogP contribution in [0.3, 0.4) is 0 Å². The highest BCUT2D eigenvalue weighted by Crippen LogP contribution is 2.41. The van der Waals surface area contributed by atoms with Crippen molar-refractivity contribution in [1.82, 2.24) is 5.32 Å². The summed E-state index contributed by atoms with van der Waals surface area (Å²) < 4.78 is 5.74. The number of rotatable bonds is 1. The van der Waals surface area contributed by atoms with Gasteiger partial charge in [-0.2, -0.15) is 0 Å². The van der Waals surface area contributed by atoms with E-state index in [2.05, 4.69) is 21.2 Å². The zero-order valence-electron chi connectivity index (χ0n) is 13.9. The van der Waals surface area contributed by atoms with Gasteiger partial charge in [-0.3, -0.25) is 0 Å². The van der Waals surface area contributed by atoms with Crippen LogP contribution in [0.5, 0.6) is 0 Å². The molecule has 0 saturated carbocycles. The highest BCUT2D eigenvalue weighted by Gasteiger charge is 2.28. The fraction of sp³-hybridized carbons (Fsp3) is 0.526. The van der Waals surface area contributed by atoms with Gasteiger partial charge in [0.25, 0.3) is 0 Å². The van der Waals surface area contributed by atoms with Crippen molar-refractivity contribution in [1.29, 1.82) is 0 Å². The summed E-state index contributed by atoms with van der Waals surface area (Å²) in [6.07, 6.45) is 4.52. The van der Waals surface area contributed by atoms with E-state index in [-0.39, 0.29) is 5.63 Å². The summed E-state index contributed by atoms with van der Waals surface area (Å²) in [7, 11) is 0. The number of nitrogens with zero attached hydrogens (tertiary/aromatic N) is 2. The molecule has 0 radical (unpaired) electrons. The molecule has 4 heterocycles. The average molecular weight is 325 g/mol. The third-order valence-corrected chi connectivity index (χ3v) is 5.66. The molecule has 0 spiro atoms. The Kier molecular flexibility index (Phi) is 3.30. The van der Waals surface area contributed by atoms with Crippen molar-refractivity contribution in [3.8, 4) is 0 Å². The van der Waals surface area contributed by atoms with E-state index < -0.39 is 0 Å². The molecule has 2 aromatic rings. The van der Waals surface area contributed by atoms with Crippen molar-refractivity contribution >= 4 is 22.3 Å². The van der Waals surface area contributed by atoms with Gasteiger partial charge >= 0.3 is 5.63 Å². The number of benzene rings is 1. The second-order valence-corrected chi connectivity index (χ2v) is 7.12. The second kappa shape index (κ2) is 5.52. The van der Waals surface area contributed by atoms with Crippen LogP contribution in [0.4, 0.5) is 11.4 Å². The van der Waals surface area contributed by atoms with E-state index in [1.165, 1.54) is 23.2 Å². The number of fused-ring (bicyclic) bond motifs is 2. The molecule has 1 N–H and O–H groups in total. The number of piperazine rings is 1. The van der Waals surface area contributed by atoms with Crippen molar-refractivity contribution in [2.24, 2.45) is 0 Å². The van der Waals surface area contributed by atoms with Gasteiger partial charge in [-0.1, -0.05) is 0 Å². The topological polar surface area (TPSA) is 48.7 Å². The number of aryl methyl sites for hydroxylation is 2. The molecular formula is C19H23N3O2. The first kappa shape index (κ1) is 14.3. The summed E-state index contributed by atoms with van der Waals surface area (Å²) in [5, 5.41) is 4.52. The summed E-state index contributed by atoms with van der Waals surface area (Å²) >= 11 is 0. The molecule has 5 rings (SSSR count). The Morgan fingerprint density at radius 1 is 0.958 bits per heavy atom. The quantitative estimate of drug-likeness (QED) is 0.812. The fourth-order valence-corrected chi connectivity index (χ4v) is 4.62. The van der Waals surface area contributed by atoms with Gasteiger partial charge < -0.3 is 19.5 Å². The number of nitrogens with one attached hydrogen (secondary N) is 1. The molecule has 24 heavy (non-hydrogen) atoms. The minimum Gasteiger partial charge on any atom is -0.422 e. The second-order valence-electron chi connectivity index (χ2n) is 7.12. The Hall–Kier alpha value is -2.01. The largest absolute Gasteiger partial charge is 0.422 e. The number of hydrogen-bond acceptors (Lipinski definition) is 5. The molecular weight excluding hydrogens is 302 g/mol. The van der Waals surface area contributed by atoms with Gasteiger partial charge in [-0.15, -0.1) is 0 Å². The Balaban J connectivity index is 1.78. The lowest BCUT2D eigenvalue weighted by Gasteiger charge is -2.37. The third kappa shape index (κ3) is 2.14. The lowest BCUT2D eigenvalue weighted by Crippen LogP contribution is -2.43. The van der Waals surface area contributed by atoms with E-state index in [0.29, 0.717) is 0 Å². The van der Waals surface area contributed by atoms with Gasteiger partial charge in [-0.25, -0.2) is 4.79 Å². The van der Waals surface area contributed by atoms with E-state index in [1.807, 2.05) is 0 Å². The van der Waals surface area contributed by atoms with Crippen LogP contribution in [0.25, 0.3) is 11.0 Å². The summed E-state index contributed by atoms with van der Waals surface area (Å²) in [6, 6.07) is 3.99. The van der Waals surface area contributed by atoms with Gasteiger partial charge in [0.2, 0.25) is 0 Å². The highest BCUT2D eigenvalue weighted by atomic mass is 16.4. The first-order chi connectivity index (χ1) is 11.8. The van der Waals surface area contributed by atoms with Crippen LogP contribution in [0.2, 0.25) is 0 Å². The number of anilines is 2. The lowest BCUT2D eigenvalue weighted by molar-refractivity contribution is 0.545. The van der Waals surface area contributed by atoms with E-state index >= 15 is 0 Å². The van der Waals surface area contributed by atoms with Crippen molar-refractivity contribution in [3.05, 3.63) is 33.7 Å². The zero-order chi connectivity index (χ0) is 16.1. The van der Waals surface area contributed by atoms with Crippen LogP contribution in [0.15, 0.2) is 21.3 Å². The SMILES string of the molecule is O=c1cc(N2CCNCC2)c2cc3c4c(c2o1)CCCN4CCC3. The fourth-order valence-electron chi connectivity index (χ4n) is 4.62. The molecule has 126 valence electrons. The van der Waals surface area contributed by atoms with Crippen LogP contribution in [0, 0.1) is 0 Å². The van der Waals surface area contributed by atoms with Crippen molar-refractivity contribution < 1.29 is 4.42 Å². The molecule has 5 heteroatoms. The van der Waals surface area contributed by atoms with E-state index in [4.69, 9.17) is 4.42 Å². The monoisotopic (exact) mass is 325 g/mol. The molecule has 0 bridgehead atoms.